The molecule has 2 rings (SSSR count). The molecule has 0 aliphatic carbocycles. The highest BCUT2D eigenvalue weighted by atomic mass is 16.2. The number of fused-ring (bicyclic) bond motifs is 1. The van der Waals surface area contributed by atoms with Crippen LogP contribution in [0.4, 0.5) is 5.69 Å². The molecule has 0 saturated carbocycles. The van der Waals surface area contributed by atoms with Crippen molar-refractivity contribution in [3.05, 3.63) is 29.8 Å². The van der Waals surface area contributed by atoms with Gasteiger partial charge in [-0.05, 0) is 18.6 Å². The summed E-state index contributed by atoms with van der Waals surface area (Å²) in [6.07, 6.45) is 0.647. The Labute approximate surface area is 118 Å². The highest BCUT2D eigenvalue weighted by Gasteiger charge is 2.34. The Bertz CT molecular complexity index is 568. The minimum absolute atomic E-state index is 0.0876. The van der Waals surface area contributed by atoms with Crippen molar-refractivity contribution in [3.8, 4) is 0 Å². The summed E-state index contributed by atoms with van der Waals surface area (Å²) in [6, 6.07) is 6.74. The quantitative estimate of drug-likeness (QED) is 0.824. The van der Waals surface area contributed by atoms with Gasteiger partial charge in [0, 0.05) is 13.0 Å². The lowest BCUT2D eigenvalue weighted by atomic mass is 10.1. The second kappa shape index (κ2) is 5.45. The van der Waals surface area contributed by atoms with Crippen molar-refractivity contribution >= 4 is 23.4 Å². The molecule has 0 bridgehead atoms. The van der Waals surface area contributed by atoms with Crippen LogP contribution >= 0.6 is 0 Å². The van der Waals surface area contributed by atoms with Crippen LogP contribution < -0.4 is 4.90 Å². The third-order valence-corrected chi connectivity index (χ3v) is 3.60. The molecule has 1 aliphatic rings. The van der Waals surface area contributed by atoms with Crippen LogP contribution in [0.5, 0.6) is 0 Å². The lowest BCUT2D eigenvalue weighted by molar-refractivity contribution is -0.128. The summed E-state index contributed by atoms with van der Waals surface area (Å²) in [6.45, 7) is 3.60. The molecule has 0 radical (unpaired) electrons. The summed E-state index contributed by atoms with van der Waals surface area (Å²) < 4.78 is 0. The van der Waals surface area contributed by atoms with E-state index in [-0.39, 0.29) is 30.2 Å². The monoisotopic (exact) mass is 274 g/mol. The third kappa shape index (κ3) is 2.31. The summed E-state index contributed by atoms with van der Waals surface area (Å²) in [5, 5.41) is 0. The van der Waals surface area contributed by atoms with Crippen LogP contribution in [-0.2, 0) is 9.59 Å². The molecule has 0 N–H and O–H groups in total. The number of hydrogen-bond donors (Lipinski definition) is 0. The van der Waals surface area contributed by atoms with Crippen molar-refractivity contribution < 1.29 is 14.4 Å². The van der Waals surface area contributed by atoms with Gasteiger partial charge in [0.2, 0.25) is 5.91 Å². The SMILES string of the molecule is CCC(C)C(=O)N1C(=O)CN(C)C(=O)c2ccccc21. The number of imide groups is 1. The number of carbonyl (C=O) groups is 3. The molecule has 1 unspecified atom stereocenters. The number of nitrogens with zero attached hydrogens (tertiary/aromatic N) is 2. The molecule has 20 heavy (non-hydrogen) atoms. The lowest BCUT2D eigenvalue weighted by Crippen LogP contribution is -2.43. The molecule has 0 aromatic heterocycles. The molecule has 1 aromatic rings. The molecule has 1 heterocycles. The van der Waals surface area contributed by atoms with Gasteiger partial charge in [0.05, 0.1) is 11.3 Å². The molecule has 0 saturated heterocycles. The number of likely N-dealkylation sites (N-methyl/N-ethyl adjacent to an activating group) is 1. The first-order valence-corrected chi connectivity index (χ1v) is 6.68. The fourth-order valence-corrected chi connectivity index (χ4v) is 2.17. The molecule has 1 atom stereocenters. The molecular formula is C15H18N2O3. The Hall–Kier alpha value is -2.17. The number of rotatable bonds is 2. The van der Waals surface area contributed by atoms with Gasteiger partial charge < -0.3 is 4.90 Å². The largest absolute Gasteiger partial charge is 0.332 e. The van der Waals surface area contributed by atoms with Crippen LogP contribution in [-0.4, -0.2) is 36.2 Å². The molecule has 5 nitrogen and oxygen atoms in total. The van der Waals surface area contributed by atoms with Crippen molar-refractivity contribution in [2.24, 2.45) is 5.92 Å². The van der Waals surface area contributed by atoms with E-state index in [2.05, 4.69) is 0 Å². The highest BCUT2D eigenvalue weighted by molar-refractivity contribution is 6.21. The molecule has 1 aliphatic heterocycles. The van der Waals surface area contributed by atoms with Crippen LogP contribution in [0, 0.1) is 5.92 Å². The smallest absolute Gasteiger partial charge is 0.256 e. The van der Waals surface area contributed by atoms with E-state index < -0.39 is 0 Å². The van der Waals surface area contributed by atoms with E-state index in [1.54, 1.807) is 38.2 Å². The van der Waals surface area contributed by atoms with E-state index in [1.807, 2.05) is 6.92 Å². The van der Waals surface area contributed by atoms with Crippen LogP contribution in [0.25, 0.3) is 0 Å². The van der Waals surface area contributed by atoms with Gasteiger partial charge in [-0.1, -0.05) is 26.0 Å². The van der Waals surface area contributed by atoms with Crippen LogP contribution in [0.15, 0.2) is 24.3 Å². The maximum absolute atomic E-state index is 12.4. The Kier molecular flexibility index (Phi) is 3.88. The molecule has 106 valence electrons. The average Bonchev–Trinajstić information content (AvgIpc) is 2.54. The van der Waals surface area contributed by atoms with Gasteiger partial charge in [0.25, 0.3) is 11.8 Å². The number of carbonyl (C=O) groups excluding carboxylic acids is 3. The summed E-state index contributed by atoms with van der Waals surface area (Å²) >= 11 is 0. The zero-order valence-electron chi connectivity index (χ0n) is 11.9. The van der Waals surface area contributed by atoms with E-state index in [4.69, 9.17) is 0 Å². The van der Waals surface area contributed by atoms with E-state index in [9.17, 15) is 14.4 Å². The Balaban J connectivity index is 2.56. The molecular weight excluding hydrogens is 256 g/mol. The van der Waals surface area contributed by atoms with Crippen LogP contribution in [0.1, 0.15) is 30.6 Å². The van der Waals surface area contributed by atoms with E-state index >= 15 is 0 Å². The normalized spacial score (nSPS) is 16.8. The zero-order chi connectivity index (χ0) is 14.9. The van der Waals surface area contributed by atoms with E-state index in [0.29, 0.717) is 17.7 Å². The summed E-state index contributed by atoms with van der Waals surface area (Å²) in [4.78, 5) is 39.5. The van der Waals surface area contributed by atoms with Crippen LogP contribution in [0.2, 0.25) is 0 Å². The van der Waals surface area contributed by atoms with Crippen molar-refractivity contribution in [2.75, 3.05) is 18.5 Å². The molecule has 5 heteroatoms. The number of hydrogen-bond acceptors (Lipinski definition) is 3. The molecule has 3 amide bonds. The fraction of sp³-hybridized carbons (Fsp3) is 0.400. The number of para-hydroxylation sites is 1. The summed E-state index contributed by atoms with van der Waals surface area (Å²) in [5.74, 6) is -1.12. The second-order valence-corrected chi connectivity index (χ2v) is 5.06. The molecule has 1 aromatic carbocycles. The highest BCUT2D eigenvalue weighted by Crippen LogP contribution is 2.26. The Morgan fingerprint density at radius 2 is 1.95 bits per heavy atom. The topological polar surface area (TPSA) is 57.7 Å². The summed E-state index contributed by atoms with van der Waals surface area (Å²) in [7, 11) is 1.56. The van der Waals surface area contributed by atoms with Gasteiger partial charge in [-0.3, -0.25) is 14.4 Å². The third-order valence-electron chi connectivity index (χ3n) is 3.60. The average molecular weight is 274 g/mol. The number of benzene rings is 1. The van der Waals surface area contributed by atoms with Crippen molar-refractivity contribution in [3.63, 3.8) is 0 Å². The van der Waals surface area contributed by atoms with E-state index in [1.165, 1.54) is 4.90 Å². The van der Waals surface area contributed by atoms with Gasteiger partial charge in [0.15, 0.2) is 0 Å². The zero-order valence-corrected chi connectivity index (χ0v) is 11.9. The second-order valence-electron chi connectivity index (χ2n) is 5.06. The predicted molar refractivity (Wildman–Crippen MR) is 75.4 cm³/mol. The van der Waals surface area contributed by atoms with Gasteiger partial charge in [-0.2, -0.15) is 0 Å². The van der Waals surface area contributed by atoms with Gasteiger partial charge in [-0.25, -0.2) is 4.90 Å². The fourth-order valence-electron chi connectivity index (χ4n) is 2.17. The number of anilines is 1. The summed E-state index contributed by atoms with van der Waals surface area (Å²) in [5.41, 5.74) is 0.773. The lowest BCUT2D eigenvalue weighted by Gasteiger charge is -2.23. The van der Waals surface area contributed by atoms with E-state index in [0.717, 1.165) is 4.90 Å². The Morgan fingerprint density at radius 1 is 1.30 bits per heavy atom. The minimum atomic E-state index is -0.365. The Morgan fingerprint density at radius 3 is 2.60 bits per heavy atom. The first-order chi connectivity index (χ1) is 9.47. The van der Waals surface area contributed by atoms with Crippen molar-refractivity contribution in [2.45, 2.75) is 20.3 Å². The minimum Gasteiger partial charge on any atom is -0.332 e. The van der Waals surface area contributed by atoms with Crippen molar-refractivity contribution in [1.29, 1.82) is 0 Å². The van der Waals surface area contributed by atoms with Crippen LogP contribution in [0.3, 0.4) is 0 Å². The van der Waals surface area contributed by atoms with Crippen molar-refractivity contribution in [1.82, 2.24) is 4.90 Å². The van der Waals surface area contributed by atoms with Gasteiger partial charge in [-0.15, -0.1) is 0 Å². The number of amides is 3. The maximum Gasteiger partial charge on any atom is 0.256 e. The van der Waals surface area contributed by atoms with Gasteiger partial charge >= 0.3 is 0 Å². The predicted octanol–water partition coefficient (Wildman–Crippen LogP) is 1.68. The maximum atomic E-state index is 12.4. The van der Waals surface area contributed by atoms with Gasteiger partial charge in [0.1, 0.15) is 6.54 Å². The molecule has 0 spiro atoms. The first-order valence-electron chi connectivity index (χ1n) is 6.68. The standard InChI is InChI=1S/C15H18N2O3/c1-4-10(2)14(19)17-12-8-6-5-7-11(12)15(20)16(3)9-13(17)18/h5-8,10H,4,9H2,1-3H3. The molecule has 0 fully saturated rings. The first kappa shape index (κ1) is 14.2.